The number of anilines is 2. The molecule has 1 unspecified atom stereocenters. The van der Waals surface area contributed by atoms with Crippen LogP contribution in [-0.2, 0) is 4.74 Å². The molecule has 0 bridgehead atoms. The molecule has 0 radical (unpaired) electrons. The summed E-state index contributed by atoms with van der Waals surface area (Å²) in [5.41, 5.74) is -0.148. The van der Waals surface area contributed by atoms with Crippen molar-refractivity contribution in [2.45, 2.75) is 12.0 Å². The van der Waals surface area contributed by atoms with Gasteiger partial charge in [-0.25, -0.2) is 14.4 Å². The first kappa shape index (κ1) is 21.9. The molecule has 1 aliphatic heterocycles. The van der Waals surface area contributed by atoms with Crippen LogP contribution in [0.4, 0.5) is 21.6 Å². The van der Waals surface area contributed by atoms with Crippen molar-refractivity contribution in [1.29, 1.82) is 0 Å². The molecule has 0 spiro atoms. The van der Waals surface area contributed by atoms with E-state index in [1.54, 1.807) is 13.2 Å². The Kier molecular flexibility index (Phi) is 5.93. The van der Waals surface area contributed by atoms with E-state index in [4.69, 9.17) is 16.3 Å². The number of rotatable bonds is 4. The molecule has 164 valence electrons. The number of nitrogens with zero attached hydrogens (tertiary/aromatic N) is 4. The van der Waals surface area contributed by atoms with E-state index in [9.17, 15) is 14.5 Å². The van der Waals surface area contributed by atoms with E-state index >= 15 is 0 Å². The summed E-state index contributed by atoms with van der Waals surface area (Å²) in [6.07, 6.45) is 1.99. The summed E-state index contributed by atoms with van der Waals surface area (Å²) in [5, 5.41) is 14.9. The number of nitrogens with one attached hydrogen (secondary N) is 1. The minimum atomic E-state index is -0.680. The largest absolute Gasteiger partial charge is 0.364 e. The molecular weight excluding hydrogens is 437 g/mol. The molecule has 3 aromatic rings. The molecule has 1 N–H and O–H groups in total. The summed E-state index contributed by atoms with van der Waals surface area (Å²) in [6.45, 7) is 1.43. The van der Waals surface area contributed by atoms with Gasteiger partial charge in [0, 0.05) is 38.1 Å². The van der Waals surface area contributed by atoms with E-state index in [2.05, 4.69) is 32.0 Å². The van der Waals surface area contributed by atoms with Gasteiger partial charge >= 0.3 is 0 Å². The van der Waals surface area contributed by atoms with Crippen LogP contribution in [0, 0.1) is 27.8 Å². The number of nitro groups is 1. The van der Waals surface area contributed by atoms with Crippen molar-refractivity contribution in [2.75, 3.05) is 32.6 Å². The van der Waals surface area contributed by atoms with Crippen LogP contribution in [0.25, 0.3) is 10.9 Å². The molecule has 1 aliphatic rings. The minimum Gasteiger partial charge on any atom is -0.364 e. The van der Waals surface area contributed by atoms with Crippen molar-refractivity contribution in [3.8, 4) is 11.8 Å². The number of halogens is 2. The van der Waals surface area contributed by atoms with Crippen molar-refractivity contribution in [2.24, 2.45) is 0 Å². The van der Waals surface area contributed by atoms with E-state index < -0.39 is 16.3 Å². The van der Waals surface area contributed by atoms with E-state index in [1.165, 1.54) is 30.6 Å². The van der Waals surface area contributed by atoms with Crippen LogP contribution in [0.2, 0.25) is 5.02 Å². The van der Waals surface area contributed by atoms with Gasteiger partial charge in [-0.2, -0.15) is 0 Å². The van der Waals surface area contributed by atoms with Crippen LogP contribution in [-0.4, -0.2) is 52.6 Å². The number of aromatic nitrogens is 2. The van der Waals surface area contributed by atoms with Crippen LogP contribution in [0.15, 0.2) is 36.7 Å². The number of benzene rings is 2. The second-order valence-electron chi connectivity index (χ2n) is 7.53. The molecule has 1 fully saturated rings. The molecule has 1 atom stereocenters. The quantitative estimate of drug-likeness (QED) is 0.359. The molecule has 32 heavy (non-hydrogen) atoms. The lowest BCUT2D eigenvalue weighted by Crippen LogP contribution is -2.32. The van der Waals surface area contributed by atoms with Crippen molar-refractivity contribution >= 4 is 39.7 Å². The smallest absolute Gasteiger partial charge is 0.285 e. The van der Waals surface area contributed by atoms with E-state index in [0.717, 1.165) is 6.54 Å². The van der Waals surface area contributed by atoms with Crippen LogP contribution >= 0.6 is 11.6 Å². The van der Waals surface area contributed by atoms with Crippen LogP contribution < -0.4 is 5.32 Å². The van der Waals surface area contributed by atoms with Gasteiger partial charge in [-0.1, -0.05) is 29.5 Å². The molecule has 0 saturated carbocycles. The summed E-state index contributed by atoms with van der Waals surface area (Å²) in [7, 11) is 3.55. The van der Waals surface area contributed by atoms with Gasteiger partial charge in [-0.05, 0) is 25.2 Å². The molecule has 10 heteroatoms. The highest BCUT2D eigenvalue weighted by atomic mass is 35.5. The number of likely N-dealkylation sites (N-methyl/N-ethyl adjacent to an activating group) is 1. The number of methoxy groups -OCH3 is 1. The molecule has 4 rings (SSSR count). The number of hydrogen-bond acceptors (Lipinski definition) is 7. The third-order valence-electron chi connectivity index (χ3n) is 5.39. The monoisotopic (exact) mass is 455 g/mol. The molecule has 1 aromatic heterocycles. The topological polar surface area (TPSA) is 93.4 Å². The average molecular weight is 456 g/mol. The van der Waals surface area contributed by atoms with Gasteiger partial charge in [0.25, 0.3) is 5.69 Å². The number of likely N-dealkylation sites (tertiary alicyclic amines) is 1. The summed E-state index contributed by atoms with van der Waals surface area (Å²) < 4.78 is 19.9. The Hall–Kier alpha value is -3.32. The lowest BCUT2D eigenvalue weighted by atomic mass is 10.0. The second kappa shape index (κ2) is 8.67. The molecule has 0 amide bonds. The second-order valence-corrected chi connectivity index (χ2v) is 7.94. The maximum atomic E-state index is 14.3. The third kappa shape index (κ3) is 4.21. The number of ether oxygens (including phenoxy) is 1. The van der Waals surface area contributed by atoms with Crippen LogP contribution in [0.5, 0.6) is 0 Å². The van der Waals surface area contributed by atoms with Crippen molar-refractivity contribution in [1.82, 2.24) is 14.9 Å². The SMILES string of the molecule is COC1(C#Cc2cc3ncnc(Nc4cccc(Cl)c4F)c3cc2[N+](=O)[O-])CCN(C)C1. The van der Waals surface area contributed by atoms with Crippen molar-refractivity contribution < 1.29 is 14.1 Å². The standard InChI is InChI=1S/C22H19ClFN5O3/c1-28-9-8-22(12-28,32-2)7-6-14-10-18-15(11-19(14)29(30)31)21(26-13-25-18)27-17-5-3-4-16(23)20(17)24/h3-5,10-11,13H,8-9,12H2,1-2H3,(H,25,26,27). The lowest BCUT2D eigenvalue weighted by Gasteiger charge is -2.20. The molecule has 8 nitrogen and oxygen atoms in total. The molecule has 2 aromatic carbocycles. The number of nitro benzene ring substituents is 1. The van der Waals surface area contributed by atoms with Crippen molar-refractivity contribution in [3.05, 3.63) is 63.2 Å². The van der Waals surface area contributed by atoms with Gasteiger partial charge in [0.2, 0.25) is 0 Å². The van der Waals surface area contributed by atoms with Crippen LogP contribution in [0.1, 0.15) is 12.0 Å². The maximum Gasteiger partial charge on any atom is 0.285 e. The third-order valence-corrected chi connectivity index (χ3v) is 5.68. The summed E-state index contributed by atoms with van der Waals surface area (Å²) in [6, 6.07) is 7.37. The Bertz CT molecular complexity index is 1280. The van der Waals surface area contributed by atoms with Crippen LogP contribution in [0.3, 0.4) is 0 Å². The highest BCUT2D eigenvalue weighted by Gasteiger charge is 2.35. The first-order chi connectivity index (χ1) is 15.3. The first-order valence-electron chi connectivity index (χ1n) is 9.73. The Morgan fingerprint density at radius 1 is 1.38 bits per heavy atom. The fourth-order valence-corrected chi connectivity index (χ4v) is 3.81. The van der Waals surface area contributed by atoms with Gasteiger partial charge in [0.15, 0.2) is 5.82 Å². The minimum absolute atomic E-state index is 0.0541. The highest BCUT2D eigenvalue weighted by molar-refractivity contribution is 6.31. The molecular formula is C22H19ClFN5O3. The Labute approximate surface area is 188 Å². The molecule has 2 heterocycles. The van der Waals surface area contributed by atoms with Gasteiger partial charge in [0.1, 0.15) is 23.3 Å². The lowest BCUT2D eigenvalue weighted by molar-refractivity contribution is -0.385. The average Bonchev–Trinajstić information content (AvgIpc) is 3.16. The van der Waals surface area contributed by atoms with E-state index in [0.29, 0.717) is 23.9 Å². The predicted octanol–water partition coefficient (Wildman–Crippen LogP) is 4.15. The number of fused-ring (bicyclic) bond motifs is 1. The Morgan fingerprint density at radius 2 is 2.19 bits per heavy atom. The fraction of sp³-hybridized carbons (Fsp3) is 0.273. The van der Waals surface area contributed by atoms with Gasteiger partial charge in [-0.3, -0.25) is 10.1 Å². The highest BCUT2D eigenvalue weighted by Crippen LogP contribution is 2.32. The number of hydrogen-bond donors (Lipinski definition) is 1. The molecule has 0 aliphatic carbocycles. The maximum absolute atomic E-state index is 14.3. The zero-order chi connectivity index (χ0) is 22.9. The Balaban J connectivity index is 1.79. The van der Waals surface area contributed by atoms with Gasteiger partial charge < -0.3 is 15.0 Å². The zero-order valence-corrected chi connectivity index (χ0v) is 18.1. The summed E-state index contributed by atoms with van der Waals surface area (Å²) in [5.74, 6) is 5.57. The Morgan fingerprint density at radius 3 is 2.88 bits per heavy atom. The summed E-state index contributed by atoms with van der Waals surface area (Å²) >= 11 is 5.84. The van der Waals surface area contributed by atoms with Gasteiger partial charge in [-0.15, -0.1) is 0 Å². The zero-order valence-electron chi connectivity index (χ0n) is 17.4. The fourth-order valence-electron chi connectivity index (χ4n) is 3.64. The first-order valence-corrected chi connectivity index (χ1v) is 10.1. The summed E-state index contributed by atoms with van der Waals surface area (Å²) in [4.78, 5) is 21.7. The van der Waals surface area contributed by atoms with E-state index in [1.807, 2.05) is 7.05 Å². The van der Waals surface area contributed by atoms with Crippen molar-refractivity contribution in [3.63, 3.8) is 0 Å². The van der Waals surface area contributed by atoms with Gasteiger partial charge in [0.05, 0.1) is 21.2 Å². The normalized spacial score (nSPS) is 18.4. The molecule has 1 saturated heterocycles. The predicted molar refractivity (Wildman–Crippen MR) is 120 cm³/mol. The van der Waals surface area contributed by atoms with E-state index in [-0.39, 0.29) is 27.8 Å².